The lowest BCUT2D eigenvalue weighted by atomic mass is 10.1. The van der Waals surface area contributed by atoms with Crippen molar-refractivity contribution in [3.63, 3.8) is 0 Å². The Morgan fingerprint density at radius 1 is 0.733 bits per heavy atom. The van der Waals surface area contributed by atoms with Gasteiger partial charge in [-0.05, 0) is 36.5 Å². The molecule has 0 aliphatic rings. The van der Waals surface area contributed by atoms with E-state index >= 15 is 0 Å². The fraction of sp³-hybridized carbons (Fsp3) is 0.500. The van der Waals surface area contributed by atoms with Gasteiger partial charge in [0.1, 0.15) is 0 Å². The highest BCUT2D eigenvalue weighted by atomic mass is 32.2. The number of hydrogen-bond acceptors (Lipinski definition) is 10. The van der Waals surface area contributed by atoms with Crippen molar-refractivity contribution in [2.24, 2.45) is 0 Å². The molecule has 0 atom stereocenters. The lowest BCUT2D eigenvalue weighted by Gasteiger charge is -2.10. The van der Waals surface area contributed by atoms with E-state index in [2.05, 4.69) is 9.47 Å². The van der Waals surface area contributed by atoms with Crippen LogP contribution in [0.4, 0.5) is 0 Å². The van der Waals surface area contributed by atoms with Crippen molar-refractivity contribution in [2.45, 2.75) is 12.8 Å². The molecule has 0 unspecified atom stereocenters. The SMILES string of the molecule is COC(=O)CSCCCOC(=O)c1ccccc1C(=O)OCCCSCC(=O)OC. The summed E-state index contributed by atoms with van der Waals surface area (Å²) in [5.41, 5.74) is 0.287. The van der Waals surface area contributed by atoms with E-state index in [0.717, 1.165) is 0 Å². The first kappa shape index (κ1) is 25.8. The molecule has 0 radical (unpaired) electrons. The van der Waals surface area contributed by atoms with Gasteiger partial charge in [0.25, 0.3) is 0 Å². The van der Waals surface area contributed by atoms with Crippen molar-refractivity contribution in [3.8, 4) is 0 Å². The number of carbonyl (C=O) groups excluding carboxylic acids is 4. The Labute approximate surface area is 184 Å². The third-order valence-corrected chi connectivity index (χ3v) is 5.63. The highest BCUT2D eigenvalue weighted by Gasteiger charge is 2.18. The van der Waals surface area contributed by atoms with Crippen molar-refractivity contribution in [3.05, 3.63) is 35.4 Å². The van der Waals surface area contributed by atoms with Crippen LogP contribution in [-0.2, 0) is 28.5 Å². The summed E-state index contributed by atoms with van der Waals surface area (Å²) in [5, 5.41) is 0. The third kappa shape index (κ3) is 10.5. The summed E-state index contributed by atoms with van der Waals surface area (Å²) in [4.78, 5) is 46.6. The first-order valence-electron chi connectivity index (χ1n) is 9.22. The average molecular weight is 459 g/mol. The minimum absolute atomic E-state index is 0.143. The summed E-state index contributed by atoms with van der Waals surface area (Å²) in [5.74, 6) is -0.0258. The summed E-state index contributed by atoms with van der Waals surface area (Å²) in [6.07, 6.45) is 1.15. The number of methoxy groups -OCH3 is 2. The van der Waals surface area contributed by atoms with E-state index in [1.165, 1.54) is 49.9 Å². The zero-order chi connectivity index (χ0) is 22.2. The predicted octanol–water partition coefficient (Wildman–Crippen LogP) is 2.59. The molecule has 30 heavy (non-hydrogen) atoms. The van der Waals surface area contributed by atoms with Crippen LogP contribution in [0, 0.1) is 0 Å². The second kappa shape index (κ2) is 15.6. The van der Waals surface area contributed by atoms with Crippen LogP contribution in [0.25, 0.3) is 0 Å². The Kier molecular flexibility index (Phi) is 13.4. The third-order valence-electron chi connectivity index (χ3n) is 3.59. The van der Waals surface area contributed by atoms with E-state index in [0.29, 0.717) is 24.3 Å². The first-order valence-corrected chi connectivity index (χ1v) is 11.5. The molecule has 0 aliphatic carbocycles. The van der Waals surface area contributed by atoms with Gasteiger partial charge in [-0.1, -0.05) is 12.1 Å². The molecule has 0 aliphatic heterocycles. The molecular weight excluding hydrogens is 432 g/mol. The lowest BCUT2D eigenvalue weighted by molar-refractivity contribution is -0.138. The highest BCUT2D eigenvalue weighted by molar-refractivity contribution is 8.00. The fourth-order valence-electron chi connectivity index (χ4n) is 2.08. The van der Waals surface area contributed by atoms with Crippen LogP contribution < -0.4 is 0 Å². The van der Waals surface area contributed by atoms with Gasteiger partial charge in [-0.15, -0.1) is 0 Å². The quantitative estimate of drug-likeness (QED) is 0.235. The van der Waals surface area contributed by atoms with Gasteiger partial charge in [0.15, 0.2) is 0 Å². The number of carbonyl (C=O) groups is 4. The molecule has 0 N–H and O–H groups in total. The summed E-state index contributed by atoms with van der Waals surface area (Å²) >= 11 is 2.78. The molecule has 0 heterocycles. The molecule has 0 fully saturated rings. The molecule has 8 nitrogen and oxygen atoms in total. The molecule has 1 rings (SSSR count). The van der Waals surface area contributed by atoms with Crippen molar-refractivity contribution >= 4 is 47.4 Å². The van der Waals surface area contributed by atoms with Crippen molar-refractivity contribution in [2.75, 3.05) is 50.4 Å². The average Bonchev–Trinajstić information content (AvgIpc) is 2.77. The van der Waals surface area contributed by atoms with Gasteiger partial charge in [0.05, 0.1) is 50.1 Å². The molecule has 0 amide bonds. The standard InChI is InChI=1S/C20H26O8S2/c1-25-17(21)13-29-11-5-9-27-19(23)15-7-3-4-8-16(15)20(24)28-10-6-12-30-14-18(22)26-2/h3-4,7-8H,5-6,9-14H2,1-2H3. The van der Waals surface area contributed by atoms with Gasteiger partial charge in [-0.2, -0.15) is 23.5 Å². The lowest BCUT2D eigenvalue weighted by Crippen LogP contribution is -2.15. The largest absolute Gasteiger partial charge is 0.468 e. The van der Waals surface area contributed by atoms with E-state index in [1.807, 2.05) is 0 Å². The number of esters is 4. The van der Waals surface area contributed by atoms with Gasteiger partial charge in [-0.3, -0.25) is 9.59 Å². The molecule has 0 saturated carbocycles. The highest BCUT2D eigenvalue weighted by Crippen LogP contribution is 2.13. The molecule has 0 aromatic heterocycles. The maximum atomic E-state index is 12.3. The maximum Gasteiger partial charge on any atom is 0.339 e. The first-order chi connectivity index (χ1) is 14.5. The summed E-state index contributed by atoms with van der Waals surface area (Å²) in [7, 11) is 2.66. The number of thioether (sulfide) groups is 2. The molecule has 0 bridgehead atoms. The Balaban J connectivity index is 2.37. The summed E-state index contributed by atoms with van der Waals surface area (Å²) in [6, 6.07) is 6.31. The van der Waals surface area contributed by atoms with Crippen LogP contribution in [0.1, 0.15) is 33.6 Å². The Morgan fingerprint density at radius 2 is 1.13 bits per heavy atom. The normalized spacial score (nSPS) is 10.2. The van der Waals surface area contributed by atoms with Crippen LogP contribution in [0.2, 0.25) is 0 Å². The fourth-order valence-corrected chi connectivity index (χ4v) is 3.58. The van der Waals surface area contributed by atoms with Gasteiger partial charge in [-0.25, -0.2) is 9.59 Å². The second-order valence-electron chi connectivity index (χ2n) is 5.78. The van der Waals surface area contributed by atoms with E-state index < -0.39 is 11.9 Å². The summed E-state index contributed by atoms with van der Waals surface area (Å²) < 4.78 is 19.5. The van der Waals surface area contributed by atoms with Crippen LogP contribution in [-0.4, -0.2) is 74.3 Å². The number of hydrogen-bond donors (Lipinski definition) is 0. The monoisotopic (exact) mass is 458 g/mol. The van der Waals surface area contributed by atoms with Crippen molar-refractivity contribution in [1.29, 1.82) is 0 Å². The van der Waals surface area contributed by atoms with Crippen LogP contribution in [0.5, 0.6) is 0 Å². The molecule has 0 spiro atoms. The van der Waals surface area contributed by atoms with Gasteiger partial charge in [0.2, 0.25) is 0 Å². The number of rotatable bonds is 14. The topological polar surface area (TPSA) is 105 Å². The van der Waals surface area contributed by atoms with Gasteiger partial charge >= 0.3 is 23.9 Å². The van der Waals surface area contributed by atoms with E-state index in [-0.39, 0.29) is 47.8 Å². The maximum absolute atomic E-state index is 12.3. The Hall–Kier alpha value is -2.20. The molecule has 166 valence electrons. The molecule has 0 saturated heterocycles. The molecular formula is C20H26O8S2. The van der Waals surface area contributed by atoms with Gasteiger partial charge in [0, 0.05) is 0 Å². The van der Waals surface area contributed by atoms with Crippen LogP contribution >= 0.6 is 23.5 Å². The Morgan fingerprint density at radius 3 is 1.50 bits per heavy atom. The molecule has 1 aromatic carbocycles. The zero-order valence-corrected chi connectivity index (χ0v) is 18.7. The van der Waals surface area contributed by atoms with E-state index in [1.54, 1.807) is 12.1 Å². The predicted molar refractivity (Wildman–Crippen MR) is 115 cm³/mol. The minimum atomic E-state index is -0.603. The zero-order valence-electron chi connectivity index (χ0n) is 17.0. The smallest absolute Gasteiger partial charge is 0.339 e. The van der Waals surface area contributed by atoms with Crippen molar-refractivity contribution < 1.29 is 38.1 Å². The summed E-state index contributed by atoms with van der Waals surface area (Å²) in [6.45, 7) is 0.349. The molecule has 1 aromatic rings. The van der Waals surface area contributed by atoms with E-state index in [4.69, 9.17) is 9.47 Å². The molecule has 10 heteroatoms. The number of ether oxygens (including phenoxy) is 4. The number of benzene rings is 1. The second-order valence-corrected chi connectivity index (χ2v) is 7.99. The van der Waals surface area contributed by atoms with Crippen molar-refractivity contribution in [1.82, 2.24) is 0 Å². The van der Waals surface area contributed by atoms with E-state index in [9.17, 15) is 19.2 Å². The Bertz CT molecular complexity index is 649. The van der Waals surface area contributed by atoms with Gasteiger partial charge < -0.3 is 18.9 Å². The van der Waals surface area contributed by atoms with Crippen LogP contribution in [0.15, 0.2) is 24.3 Å². The minimum Gasteiger partial charge on any atom is -0.468 e. The van der Waals surface area contributed by atoms with Crippen LogP contribution in [0.3, 0.4) is 0 Å².